The lowest BCUT2D eigenvalue weighted by Gasteiger charge is -2.48. The van der Waals surface area contributed by atoms with Crippen molar-refractivity contribution in [3.8, 4) is 22.9 Å². The van der Waals surface area contributed by atoms with Crippen LogP contribution in [0.2, 0.25) is 0 Å². The second-order valence-electron chi connectivity index (χ2n) is 8.83. The lowest BCUT2D eigenvalue weighted by molar-refractivity contribution is -0.0791. The van der Waals surface area contributed by atoms with Crippen molar-refractivity contribution >= 4 is 6.02 Å². The summed E-state index contributed by atoms with van der Waals surface area (Å²) in [6, 6.07) is 10.3. The fourth-order valence-corrected chi connectivity index (χ4v) is 5.20. The minimum absolute atomic E-state index is 0.0483. The van der Waals surface area contributed by atoms with Crippen LogP contribution in [-0.4, -0.2) is 35.9 Å². The summed E-state index contributed by atoms with van der Waals surface area (Å²) in [4.78, 5) is 9.06. The third kappa shape index (κ3) is 3.41. The predicted octanol–water partition coefficient (Wildman–Crippen LogP) is 3.52. The van der Waals surface area contributed by atoms with Crippen molar-refractivity contribution in [1.29, 1.82) is 5.26 Å². The minimum atomic E-state index is -0.600. The van der Waals surface area contributed by atoms with E-state index in [-0.39, 0.29) is 30.3 Å². The van der Waals surface area contributed by atoms with Crippen LogP contribution in [0.15, 0.2) is 41.7 Å². The first-order valence-electron chi connectivity index (χ1n) is 10.8. The number of aromatic nitrogens is 1. The number of rotatable bonds is 3. The number of nitrogens with zero attached hydrogens (tertiary/aromatic N) is 3. The number of hydrogen-bond donors (Lipinski definition) is 1. The van der Waals surface area contributed by atoms with Crippen LogP contribution in [0.25, 0.3) is 11.1 Å². The molecule has 1 fully saturated rings. The van der Waals surface area contributed by atoms with Gasteiger partial charge in [-0.2, -0.15) is 5.26 Å². The first-order chi connectivity index (χ1) is 15.0. The largest absolute Gasteiger partial charge is 0.490 e. The van der Waals surface area contributed by atoms with E-state index in [1.54, 1.807) is 12.4 Å². The molecule has 0 unspecified atom stereocenters. The van der Waals surface area contributed by atoms with Gasteiger partial charge in [-0.05, 0) is 56.9 Å². The van der Waals surface area contributed by atoms with E-state index >= 15 is 0 Å². The summed E-state index contributed by atoms with van der Waals surface area (Å²) in [5, 5.41) is 9.24. The van der Waals surface area contributed by atoms with Crippen LogP contribution in [0, 0.1) is 17.2 Å². The zero-order valence-corrected chi connectivity index (χ0v) is 17.7. The summed E-state index contributed by atoms with van der Waals surface area (Å²) in [6.07, 6.45) is 6.44. The van der Waals surface area contributed by atoms with Crippen molar-refractivity contribution in [2.75, 3.05) is 6.61 Å². The molecule has 5 rings (SSSR count). The zero-order valence-electron chi connectivity index (χ0n) is 17.7. The first-order valence-corrected chi connectivity index (χ1v) is 10.8. The normalized spacial score (nSPS) is 28.8. The third-order valence-electron chi connectivity index (χ3n) is 6.49. The van der Waals surface area contributed by atoms with Crippen molar-refractivity contribution in [3.05, 3.63) is 47.8 Å². The van der Waals surface area contributed by atoms with E-state index in [1.165, 1.54) is 0 Å². The van der Waals surface area contributed by atoms with E-state index < -0.39 is 5.54 Å². The second-order valence-corrected chi connectivity index (χ2v) is 8.83. The number of benzene rings is 1. The molecule has 160 valence electrons. The molecular weight excluding hydrogens is 392 g/mol. The highest BCUT2D eigenvalue weighted by Gasteiger charge is 2.55. The summed E-state index contributed by atoms with van der Waals surface area (Å²) >= 11 is 0. The summed E-state index contributed by atoms with van der Waals surface area (Å²) in [5.74, 6) is 0.928. The average molecular weight is 418 g/mol. The quantitative estimate of drug-likeness (QED) is 0.818. The molecule has 0 radical (unpaired) electrons. The van der Waals surface area contributed by atoms with Gasteiger partial charge in [-0.3, -0.25) is 4.98 Å². The Morgan fingerprint density at radius 2 is 2.10 bits per heavy atom. The standard InChI is InChI=1S/C24H26N4O3/c1-14(2)30-18-4-6-22-20(9-18)24(13-29-23(26)28-24)19-8-16(3-5-21(19)31-22)17-7-15(10-25)11-27-12-17/h3,5,7-8,11-12,14,18,20,22H,4,6,9,13H2,1-2H3,(H2,26,28)/t18-,20-,22-,24-/m0/s1. The highest BCUT2D eigenvalue weighted by molar-refractivity contribution is 5.75. The van der Waals surface area contributed by atoms with Gasteiger partial charge < -0.3 is 19.9 Å². The molecule has 4 atom stereocenters. The molecule has 2 N–H and O–H groups in total. The Kier molecular flexibility index (Phi) is 4.82. The Balaban J connectivity index is 1.59. The van der Waals surface area contributed by atoms with Crippen molar-refractivity contribution < 1.29 is 14.2 Å². The van der Waals surface area contributed by atoms with Crippen LogP contribution < -0.4 is 10.5 Å². The van der Waals surface area contributed by atoms with Crippen molar-refractivity contribution in [3.63, 3.8) is 0 Å². The van der Waals surface area contributed by atoms with Crippen LogP contribution in [0.5, 0.6) is 5.75 Å². The molecule has 7 heteroatoms. The molecule has 2 aliphatic heterocycles. The Morgan fingerprint density at radius 3 is 2.84 bits per heavy atom. The van der Waals surface area contributed by atoms with Gasteiger partial charge in [0.2, 0.25) is 0 Å². The van der Waals surface area contributed by atoms with Gasteiger partial charge in [0.1, 0.15) is 30.1 Å². The maximum atomic E-state index is 9.24. The molecule has 1 aliphatic carbocycles. The molecule has 3 aliphatic rings. The number of fused-ring (bicyclic) bond motifs is 4. The van der Waals surface area contributed by atoms with E-state index in [2.05, 4.69) is 31.0 Å². The summed E-state index contributed by atoms with van der Waals surface area (Å²) in [7, 11) is 0. The maximum Gasteiger partial charge on any atom is 0.283 e. The molecule has 0 saturated heterocycles. The van der Waals surface area contributed by atoms with Gasteiger partial charge in [0, 0.05) is 29.4 Å². The Hall–Kier alpha value is -3.11. The highest BCUT2D eigenvalue weighted by atomic mass is 16.5. The van der Waals surface area contributed by atoms with E-state index in [0.29, 0.717) is 12.2 Å². The van der Waals surface area contributed by atoms with Crippen LogP contribution >= 0.6 is 0 Å². The first kappa shape index (κ1) is 19.8. The molecule has 0 bridgehead atoms. The van der Waals surface area contributed by atoms with Crippen molar-refractivity contribution in [2.45, 2.75) is 57.0 Å². The van der Waals surface area contributed by atoms with Gasteiger partial charge >= 0.3 is 0 Å². The van der Waals surface area contributed by atoms with Crippen LogP contribution in [0.4, 0.5) is 0 Å². The molecule has 1 aromatic heterocycles. The molecule has 1 spiro atoms. The number of aliphatic imine (C=N–C) groups is 1. The Morgan fingerprint density at radius 1 is 1.23 bits per heavy atom. The number of nitriles is 1. The smallest absolute Gasteiger partial charge is 0.283 e. The van der Waals surface area contributed by atoms with Gasteiger partial charge in [0.25, 0.3) is 6.02 Å². The highest BCUT2D eigenvalue weighted by Crippen LogP contribution is 2.53. The third-order valence-corrected chi connectivity index (χ3v) is 6.49. The number of ether oxygens (including phenoxy) is 3. The van der Waals surface area contributed by atoms with Crippen molar-refractivity contribution in [2.24, 2.45) is 16.6 Å². The van der Waals surface area contributed by atoms with Crippen LogP contribution in [0.3, 0.4) is 0 Å². The molecule has 0 amide bonds. The summed E-state index contributed by atoms with van der Waals surface area (Å²) in [5.41, 5.74) is 8.75. The number of amidine groups is 1. The topological polar surface area (TPSA) is 103 Å². The second kappa shape index (κ2) is 7.54. The van der Waals surface area contributed by atoms with E-state index in [0.717, 1.165) is 41.7 Å². The zero-order chi connectivity index (χ0) is 21.6. The Bertz CT molecular complexity index is 1080. The van der Waals surface area contributed by atoms with E-state index in [4.69, 9.17) is 24.9 Å². The fraction of sp³-hybridized carbons (Fsp3) is 0.458. The van der Waals surface area contributed by atoms with Crippen molar-refractivity contribution in [1.82, 2.24) is 4.98 Å². The number of hydrogen-bond acceptors (Lipinski definition) is 7. The van der Waals surface area contributed by atoms with E-state index in [1.807, 2.05) is 18.2 Å². The van der Waals surface area contributed by atoms with Gasteiger partial charge in [-0.1, -0.05) is 6.07 Å². The number of nitrogens with two attached hydrogens (primary N) is 1. The predicted molar refractivity (Wildman–Crippen MR) is 115 cm³/mol. The number of pyridine rings is 1. The minimum Gasteiger partial charge on any atom is -0.490 e. The van der Waals surface area contributed by atoms with Gasteiger partial charge in [0.15, 0.2) is 0 Å². The summed E-state index contributed by atoms with van der Waals surface area (Å²) in [6.45, 7) is 4.53. The lowest BCUT2D eigenvalue weighted by atomic mass is 9.67. The molecule has 2 aromatic rings. The van der Waals surface area contributed by atoms with Crippen LogP contribution in [-0.2, 0) is 15.0 Å². The van der Waals surface area contributed by atoms with Gasteiger partial charge in [0.05, 0.1) is 17.8 Å². The molecule has 1 saturated carbocycles. The van der Waals surface area contributed by atoms with Gasteiger partial charge in [-0.25, -0.2) is 4.99 Å². The molecule has 1 aromatic carbocycles. The molecular formula is C24H26N4O3. The van der Waals surface area contributed by atoms with E-state index in [9.17, 15) is 5.26 Å². The van der Waals surface area contributed by atoms with Crippen LogP contribution in [0.1, 0.15) is 44.2 Å². The summed E-state index contributed by atoms with van der Waals surface area (Å²) < 4.78 is 18.3. The molecule has 3 heterocycles. The van der Waals surface area contributed by atoms with Gasteiger partial charge in [-0.15, -0.1) is 0 Å². The molecule has 7 nitrogen and oxygen atoms in total. The SMILES string of the molecule is CC(C)O[C@H]1CC[C@@H]2Oc3ccc(-c4cncc(C#N)c4)cc3[C@@]3(COC(N)=N3)[C@H]2C1. The lowest BCUT2D eigenvalue weighted by Crippen LogP contribution is -2.52. The fourth-order valence-electron chi connectivity index (χ4n) is 5.20. The average Bonchev–Trinajstić information content (AvgIpc) is 3.16. The monoisotopic (exact) mass is 418 g/mol. The molecule has 31 heavy (non-hydrogen) atoms. The Labute approximate surface area is 181 Å². The maximum absolute atomic E-state index is 9.24.